The molecular formula is C12H22N6. The van der Waals surface area contributed by atoms with E-state index in [4.69, 9.17) is 5.73 Å². The van der Waals surface area contributed by atoms with Crippen LogP contribution in [-0.4, -0.2) is 55.1 Å². The van der Waals surface area contributed by atoms with Crippen molar-refractivity contribution in [3.63, 3.8) is 0 Å². The molecule has 1 fully saturated rings. The van der Waals surface area contributed by atoms with Gasteiger partial charge in [-0.2, -0.15) is 9.97 Å². The summed E-state index contributed by atoms with van der Waals surface area (Å²) in [4.78, 5) is 12.9. The van der Waals surface area contributed by atoms with Gasteiger partial charge in [0.15, 0.2) is 0 Å². The first-order valence-electron chi connectivity index (χ1n) is 6.34. The Hall–Kier alpha value is -1.56. The number of likely N-dealkylation sites (N-methyl/N-ethyl adjacent to an activating group) is 2. The minimum absolute atomic E-state index is 0.309. The van der Waals surface area contributed by atoms with Gasteiger partial charge < -0.3 is 20.9 Å². The van der Waals surface area contributed by atoms with Crippen LogP contribution in [0.2, 0.25) is 0 Å². The summed E-state index contributed by atoms with van der Waals surface area (Å²) in [5.41, 5.74) is 5.71. The van der Waals surface area contributed by atoms with E-state index in [1.165, 1.54) is 19.4 Å². The van der Waals surface area contributed by atoms with E-state index < -0.39 is 0 Å². The molecule has 100 valence electrons. The standard InChI is InChI=1S/C12H22N6/c1-14-10-7-11(16-12(13)15-10)18(3)8-9-5-4-6-17(9)2/h7,9H,4-6,8H2,1-3H3,(H3,13,14,15,16). The van der Waals surface area contributed by atoms with Gasteiger partial charge in [-0.15, -0.1) is 0 Å². The van der Waals surface area contributed by atoms with Gasteiger partial charge in [0, 0.05) is 32.7 Å². The maximum absolute atomic E-state index is 5.71. The maximum atomic E-state index is 5.71. The number of anilines is 3. The molecule has 3 N–H and O–H groups in total. The summed E-state index contributed by atoms with van der Waals surface area (Å²) >= 11 is 0. The van der Waals surface area contributed by atoms with E-state index in [1.807, 2.05) is 20.2 Å². The van der Waals surface area contributed by atoms with E-state index in [2.05, 4.69) is 32.1 Å². The molecule has 0 spiro atoms. The highest BCUT2D eigenvalue weighted by Crippen LogP contribution is 2.20. The Labute approximate surface area is 108 Å². The van der Waals surface area contributed by atoms with Gasteiger partial charge in [-0.1, -0.05) is 0 Å². The summed E-state index contributed by atoms with van der Waals surface area (Å²) in [6.07, 6.45) is 2.53. The average Bonchev–Trinajstić information content (AvgIpc) is 2.74. The van der Waals surface area contributed by atoms with Gasteiger partial charge in [-0.25, -0.2) is 0 Å². The Morgan fingerprint density at radius 2 is 2.33 bits per heavy atom. The lowest BCUT2D eigenvalue weighted by molar-refractivity contribution is 0.314. The van der Waals surface area contributed by atoms with Crippen LogP contribution < -0.4 is 16.0 Å². The van der Waals surface area contributed by atoms with E-state index >= 15 is 0 Å². The first-order chi connectivity index (χ1) is 8.60. The Morgan fingerprint density at radius 3 is 2.94 bits per heavy atom. The second-order valence-corrected chi connectivity index (χ2v) is 4.88. The van der Waals surface area contributed by atoms with Gasteiger partial charge in [0.1, 0.15) is 11.6 Å². The lowest BCUT2D eigenvalue weighted by atomic mass is 10.2. The predicted octanol–water partition coefficient (Wildman–Crippen LogP) is 0.631. The van der Waals surface area contributed by atoms with E-state index in [0.29, 0.717) is 12.0 Å². The van der Waals surface area contributed by atoms with Crippen LogP contribution in [0.25, 0.3) is 0 Å². The predicted molar refractivity (Wildman–Crippen MR) is 74.9 cm³/mol. The molecule has 1 atom stereocenters. The zero-order chi connectivity index (χ0) is 13.1. The number of likely N-dealkylation sites (tertiary alicyclic amines) is 1. The number of aromatic nitrogens is 2. The molecule has 1 aromatic rings. The minimum atomic E-state index is 0.309. The highest BCUT2D eigenvalue weighted by molar-refractivity contribution is 5.52. The first kappa shape index (κ1) is 12.9. The van der Waals surface area contributed by atoms with Gasteiger partial charge in [0.2, 0.25) is 5.95 Å². The second kappa shape index (κ2) is 5.39. The first-order valence-corrected chi connectivity index (χ1v) is 6.34. The van der Waals surface area contributed by atoms with Crippen LogP contribution in [0.1, 0.15) is 12.8 Å². The van der Waals surface area contributed by atoms with Crippen LogP contribution in [-0.2, 0) is 0 Å². The lowest BCUT2D eigenvalue weighted by Gasteiger charge is -2.26. The fourth-order valence-corrected chi connectivity index (χ4v) is 2.40. The summed E-state index contributed by atoms with van der Waals surface area (Å²) in [7, 11) is 6.06. The number of hydrogen-bond acceptors (Lipinski definition) is 6. The van der Waals surface area contributed by atoms with Gasteiger partial charge in [-0.3, -0.25) is 0 Å². The van der Waals surface area contributed by atoms with Crippen molar-refractivity contribution in [3.8, 4) is 0 Å². The zero-order valence-electron chi connectivity index (χ0n) is 11.3. The molecule has 0 saturated carbocycles. The Kier molecular flexibility index (Phi) is 3.86. The fraction of sp³-hybridized carbons (Fsp3) is 0.667. The molecule has 2 rings (SSSR count). The molecule has 1 aliphatic rings. The number of hydrogen-bond donors (Lipinski definition) is 2. The van der Waals surface area contributed by atoms with E-state index in [-0.39, 0.29) is 0 Å². The van der Waals surface area contributed by atoms with Crippen LogP contribution >= 0.6 is 0 Å². The monoisotopic (exact) mass is 250 g/mol. The van der Waals surface area contributed by atoms with Crippen molar-refractivity contribution >= 4 is 17.6 Å². The van der Waals surface area contributed by atoms with Crippen LogP contribution in [0.3, 0.4) is 0 Å². The average molecular weight is 250 g/mol. The number of rotatable bonds is 4. The van der Waals surface area contributed by atoms with Gasteiger partial charge in [-0.05, 0) is 26.4 Å². The molecule has 2 heterocycles. The third-order valence-corrected chi connectivity index (χ3v) is 3.53. The Morgan fingerprint density at radius 1 is 1.56 bits per heavy atom. The Balaban J connectivity index is 2.08. The highest BCUT2D eigenvalue weighted by Gasteiger charge is 2.22. The quantitative estimate of drug-likeness (QED) is 0.817. The maximum Gasteiger partial charge on any atom is 0.223 e. The van der Waals surface area contributed by atoms with E-state index in [0.717, 1.165) is 18.2 Å². The smallest absolute Gasteiger partial charge is 0.223 e. The number of nitrogen functional groups attached to an aromatic ring is 1. The minimum Gasteiger partial charge on any atom is -0.373 e. The summed E-state index contributed by atoms with van der Waals surface area (Å²) in [5, 5.41) is 3.00. The zero-order valence-corrected chi connectivity index (χ0v) is 11.3. The second-order valence-electron chi connectivity index (χ2n) is 4.88. The van der Waals surface area contributed by atoms with Crippen LogP contribution in [0, 0.1) is 0 Å². The Bertz CT molecular complexity index is 408. The van der Waals surface area contributed by atoms with Crippen molar-refractivity contribution in [2.75, 3.05) is 50.2 Å². The van der Waals surface area contributed by atoms with E-state index in [9.17, 15) is 0 Å². The third kappa shape index (κ3) is 2.81. The SMILES string of the molecule is CNc1cc(N(C)CC2CCCN2C)nc(N)n1. The molecule has 18 heavy (non-hydrogen) atoms. The summed E-state index contributed by atoms with van der Waals surface area (Å²) in [5.74, 6) is 1.93. The molecule has 0 radical (unpaired) electrons. The molecule has 0 amide bonds. The molecule has 1 unspecified atom stereocenters. The molecule has 0 aromatic carbocycles. The van der Waals surface area contributed by atoms with Gasteiger partial charge in [0.05, 0.1) is 0 Å². The number of nitrogens with zero attached hydrogens (tertiary/aromatic N) is 4. The molecule has 6 nitrogen and oxygen atoms in total. The summed E-state index contributed by atoms with van der Waals surface area (Å²) in [6.45, 7) is 2.16. The molecule has 0 bridgehead atoms. The van der Waals surface area contributed by atoms with Crippen molar-refractivity contribution in [3.05, 3.63) is 6.07 Å². The lowest BCUT2D eigenvalue weighted by Crippen LogP contribution is -2.37. The largest absolute Gasteiger partial charge is 0.373 e. The molecule has 6 heteroatoms. The van der Waals surface area contributed by atoms with E-state index in [1.54, 1.807) is 0 Å². The van der Waals surface area contributed by atoms with Gasteiger partial charge in [0.25, 0.3) is 0 Å². The van der Waals surface area contributed by atoms with Crippen LogP contribution in [0.15, 0.2) is 6.07 Å². The number of nitrogens with one attached hydrogen (secondary N) is 1. The highest BCUT2D eigenvalue weighted by atomic mass is 15.2. The summed E-state index contributed by atoms with van der Waals surface area (Å²) < 4.78 is 0. The summed E-state index contributed by atoms with van der Waals surface area (Å²) in [6, 6.07) is 2.52. The third-order valence-electron chi connectivity index (χ3n) is 3.53. The van der Waals surface area contributed by atoms with Crippen molar-refractivity contribution < 1.29 is 0 Å². The van der Waals surface area contributed by atoms with Crippen molar-refractivity contribution in [1.29, 1.82) is 0 Å². The van der Waals surface area contributed by atoms with Crippen molar-refractivity contribution in [2.24, 2.45) is 0 Å². The molecule has 1 saturated heterocycles. The molecular weight excluding hydrogens is 228 g/mol. The number of nitrogens with two attached hydrogens (primary N) is 1. The molecule has 0 aliphatic carbocycles. The molecule has 1 aromatic heterocycles. The van der Waals surface area contributed by atoms with Crippen molar-refractivity contribution in [1.82, 2.24) is 14.9 Å². The topological polar surface area (TPSA) is 70.3 Å². The normalized spacial score (nSPS) is 20.1. The molecule has 1 aliphatic heterocycles. The van der Waals surface area contributed by atoms with Crippen LogP contribution in [0.4, 0.5) is 17.6 Å². The van der Waals surface area contributed by atoms with Gasteiger partial charge >= 0.3 is 0 Å². The fourth-order valence-electron chi connectivity index (χ4n) is 2.40. The van der Waals surface area contributed by atoms with Crippen LogP contribution in [0.5, 0.6) is 0 Å². The van der Waals surface area contributed by atoms with Crippen molar-refractivity contribution in [2.45, 2.75) is 18.9 Å².